The number of amidine groups is 1. The van der Waals surface area contributed by atoms with Crippen molar-refractivity contribution < 1.29 is 54.2 Å². The van der Waals surface area contributed by atoms with Crippen LogP contribution in [0, 0.1) is 24.0 Å². The first-order chi connectivity index (χ1) is 27.8. The molecule has 2 aromatic carbocycles. The highest BCUT2D eigenvalue weighted by Gasteiger charge is 2.50. The number of halogens is 10. The number of rotatable bonds is 11. The SMILES string of the molecule is C=C1CC(F)(F)C(=NCC(=O)N[C@@H](Cc2cc(F)cc(F)c2)c2nc(C)ccc2-c2ccc(Cl)c3c(N=C(N)OC(=N)C(C)(C)O)nn(CC(F)F)c23)C1=C(N)C(F)(F)F. The fourth-order valence-electron chi connectivity index (χ4n) is 6.26. The van der Waals surface area contributed by atoms with Crippen LogP contribution in [0.2, 0.25) is 5.02 Å². The molecule has 1 fully saturated rings. The number of allylic oxidation sites excluding steroid dienone is 3. The lowest BCUT2D eigenvalue weighted by atomic mass is 9.93. The van der Waals surface area contributed by atoms with Crippen LogP contribution in [0.25, 0.3) is 22.0 Å². The third-order valence-corrected chi connectivity index (χ3v) is 9.14. The molecule has 0 bridgehead atoms. The summed E-state index contributed by atoms with van der Waals surface area (Å²) in [6.07, 6.45) is -9.94. The Morgan fingerprint density at radius 2 is 1.75 bits per heavy atom. The predicted molar refractivity (Wildman–Crippen MR) is 204 cm³/mol. The molecule has 1 aliphatic rings. The highest BCUT2D eigenvalue weighted by atomic mass is 35.5. The number of fused-ring (bicyclic) bond motifs is 1. The van der Waals surface area contributed by atoms with Crippen molar-refractivity contribution in [1.29, 1.82) is 5.41 Å². The van der Waals surface area contributed by atoms with E-state index in [-0.39, 0.29) is 44.1 Å². The molecule has 0 saturated heterocycles. The van der Waals surface area contributed by atoms with Gasteiger partial charge in [-0.1, -0.05) is 30.3 Å². The summed E-state index contributed by atoms with van der Waals surface area (Å²) < 4.78 is 133. The minimum absolute atomic E-state index is 0.0483. The summed E-state index contributed by atoms with van der Waals surface area (Å²) in [6, 6.07) is 6.01. The van der Waals surface area contributed by atoms with Crippen LogP contribution in [0.5, 0.6) is 0 Å². The van der Waals surface area contributed by atoms with Crippen molar-refractivity contribution in [3.8, 4) is 11.1 Å². The van der Waals surface area contributed by atoms with Crippen LogP contribution < -0.4 is 16.8 Å². The Morgan fingerprint density at radius 1 is 1.12 bits per heavy atom. The smallest absolute Gasteiger partial charge is 0.408 e. The van der Waals surface area contributed by atoms with Gasteiger partial charge in [-0.3, -0.25) is 24.9 Å². The Hall–Kier alpha value is -5.96. The van der Waals surface area contributed by atoms with E-state index in [1.165, 1.54) is 45.0 Å². The standard InChI is InChI=1S/C38H35ClF9N9O3/c1-16-13-37(44,45)32(27(16)31(49)38(46,47)48)52-14-26(58)54-24(11-18-9-19(40)12-20(41)10-18)29-21(6-5-17(2)53-29)22-7-8-23(39)28-30(22)57(15-25(42)43)56-33(28)55-35(51)60-34(50)36(3,4)59/h5-10,12,24-25,50,59H,1,11,13-15,49H2,2-4H3,(H,54,58)(H2,51,55,56)/t24-/m0/s1. The minimum Gasteiger partial charge on any atom is -0.408 e. The van der Waals surface area contributed by atoms with Crippen molar-refractivity contribution in [3.05, 3.63) is 99.5 Å². The number of pyridine rings is 1. The lowest BCUT2D eigenvalue weighted by Crippen LogP contribution is -2.36. The molecular weight excluding hydrogens is 837 g/mol. The third-order valence-electron chi connectivity index (χ3n) is 8.82. The fourth-order valence-corrected chi connectivity index (χ4v) is 6.50. The molecule has 0 radical (unpaired) electrons. The summed E-state index contributed by atoms with van der Waals surface area (Å²) in [5.41, 5.74) is 4.41. The normalized spacial score (nSPS) is 16.8. The molecule has 1 saturated carbocycles. The Kier molecular flexibility index (Phi) is 12.8. The van der Waals surface area contributed by atoms with Crippen LogP contribution in [0.1, 0.15) is 43.3 Å². The molecule has 0 aliphatic heterocycles. The number of aryl methyl sites for hydroxylation is 1. The Labute approximate surface area is 340 Å². The fraction of sp³-hybridized carbons (Fsp3) is 0.316. The van der Waals surface area contributed by atoms with Gasteiger partial charge in [-0.15, -0.1) is 0 Å². The molecule has 1 amide bonds. The van der Waals surface area contributed by atoms with E-state index >= 15 is 0 Å². The van der Waals surface area contributed by atoms with Crippen LogP contribution in [0.3, 0.4) is 0 Å². The second-order valence-electron chi connectivity index (χ2n) is 14.1. The van der Waals surface area contributed by atoms with E-state index in [2.05, 4.69) is 32.0 Å². The van der Waals surface area contributed by atoms with Gasteiger partial charge in [0.25, 0.3) is 18.4 Å². The first-order valence-corrected chi connectivity index (χ1v) is 17.9. The zero-order valence-electron chi connectivity index (χ0n) is 31.7. The van der Waals surface area contributed by atoms with E-state index < -0.39 is 108 Å². The lowest BCUT2D eigenvalue weighted by Gasteiger charge is -2.23. The highest BCUT2D eigenvalue weighted by Crippen LogP contribution is 2.44. The van der Waals surface area contributed by atoms with E-state index in [1.54, 1.807) is 0 Å². The van der Waals surface area contributed by atoms with Gasteiger partial charge in [0.1, 0.15) is 41.7 Å². The second kappa shape index (κ2) is 17.0. The molecule has 60 heavy (non-hydrogen) atoms. The summed E-state index contributed by atoms with van der Waals surface area (Å²) in [5, 5.41) is 24.5. The summed E-state index contributed by atoms with van der Waals surface area (Å²) in [6.45, 7) is 5.03. The number of aromatic nitrogens is 3. The van der Waals surface area contributed by atoms with Crippen LogP contribution in [-0.4, -0.2) is 74.1 Å². The van der Waals surface area contributed by atoms with E-state index in [0.717, 1.165) is 16.8 Å². The number of benzene rings is 2. The minimum atomic E-state index is -5.24. The Bertz CT molecular complexity index is 2450. The number of hydrogen-bond donors (Lipinski definition) is 5. The molecular formula is C38H35ClF9N9O3. The Balaban J connectivity index is 1.68. The molecule has 0 unspecified atom stereocenters. The van der Waals surface area contributed by atoms with Gasteiger partial charge in [-0.25, -0.2) is 17.6 Å². The zero-order valence-corrected chi connectivity index (χ0v) is 32.4. The number of amides is 1. The van der Waals surface area contributed by atoms with Gasteiger partial charge >= 0.3 is 6.18 Å². The number of hydrogen-bond acceptors (Lipinski definition) is 9. The number of alkyl halides is 7. The average molecular weight is 872 g/mol. The maximum Gasteiger partial charge on any atom is 0.431 e. The van der Waals surface area contributed by atoms with E-state index in [4.69, 9.17) is 33.2 Å². The van der Waals surface area contributed by atoms with Crippen LogP contribution in [0.4, 0.5) is 45.3 Å². The largest absolute Gasteiger partial charge is 0.431 e. The molecule has 1 atom stereocenters. The van der Waals surface area contributed by atoms with Crippen LogP contribution in [0.15, 0.2) is 75.9 Å². The maximum atomic E-state index is 15.0. The molecule has 4 aromatic rings. The van der Waals surface area contributed by atoms with Crippen LogP contribution in [-0.2, 0) is 22.5 Å². The maximum absolute atomic E-state index is 15.0. The van der Waals surface area contributed by atoms with Crippen molar-refractivity contribution in [3.63, 3.8) is 0 Å². The first kappa shape index (κ1) is 45.1. The van der Waals surface area contributed by atoms with Gasteiger partial charge in [0.05, 0.1) is 27.7 Å². The third kappa shape index (κ3) is 10.1. The molecule has 12 nitrogen and oxygen atoms in total. The Morgan fingerprint density at radius 3 is 2.35 bits per heavy atom. The lowest BCUT2D eigenvalue weighted by molar-refractivity contribution is -0.120. The number of carbonyl (C=O) groups excluding carboxylic acids is 1. The molecule has 0 spiro atoms. The van der Waals surface area contributed by atoms with E-state index in [9.17, 15) is 49.4 Å². The summed E-state index contributed by atoms with van der Waals surface area (Å²) in [5.74, 6) is -8.23. The number of aliphatic imine (C=N–C) groups is 2. The first-order valence-electron chi connectivity index (χ1n) is 17.5. The molecule has 2 aromatic heterocycles. The summed E-state index contributed by atoms with van der Waals surface area (Å²) in [4.78, 5) is 25.7. The average Bonchev–Trinajstić information content (AvgIpc) is 3.56. The number of ether oxygens (including phenoxy) is 1. The number of nitrogens with two attached hydrogens (primary N) is 2. The molecule has 1 aliphatic carbocycles. The number of aliphatic hydroxyl groups is 1. The second-order valence-corrected chi connectivity index (χ2v) is 14.5. The molecule has 22 heteroatoms. The summed E-state index contributed by atoms with van der Waals surface area (Å²) in [7, 11) is 0. The van der Waals surface area contributed by atoms with Gasteiger partial charge in [-0.05, 0) is 62.6 Å². The molecule has 2 heterocycles. The number of nitrogens with one attached hydrogen (secondary N) is 2. The predicted octanol–water partition coefficient (Wildman–Crippen LogP) is 7.53. The van der Waals surface area contributed by atoms with Crippen molar-refractivity contribution in [1.82, 2.24) is 20.1 Å². The van der Waals surface area contributed by atoms with Crippen molar-refractivity contribution in [2.75, 3.05) is 6.54 Å². The number of nitrogens with zero attached hydrogens (tertiary/aromatic N) is 5. The van der Waals surface area contributed by atoms with Gasteiger partial charge < -0.3 is 26.6 Å². The van der Waals surface area contributed by atoms with Gasteiger partial charge in [-0.2, -0.15) is 32.0 Å². The van der Waals surface area contributed by atoms with Gasteiger partial charge in [0.2, 0.25) is 11.8 Å². The molecule has 5 rings (SSSR count). The van der Waals surface area contributed by atoms with E-state index in [0.29, 0.717) is 11.8 Å². The van der Waals surface area contributed by atoms with Gasteiger partial charge in [0.15, 0.2) is 5.82 Å². The summed E-state index contributed by atoms with van der Waals surface area (Å²) >= 11 is 6.58. The van der Waals surface area contributed by atoms with Crippen molar-refractivity contribution >= 4 is 51.9 Å². The highest BCUT2D eigenvalue weighted by molar-refractivity contribution is 6.37. The van der Waals surface area contributed by atoms with Crippen molar-refractivity contribution in [2.24, 2.45) is 21.5 Å². The quantitative estimate of drug-likeness (QED) is 0.0585. The van der Waals surface area contributed by atoms with Crippen LogP contribution >= 0.6 is 11.6 Å². The molecule has 7 N–H and O–H groups in total. The topological polar surface area (TPSA) is 190 Å². The zero-order chi connectivity index (χ0) is 44.6. The van der Waals surface area contributed by atoms with Gasteiger partial charge in [0, 0.05) is 34.9 Å². The van der Waals surface area contributed by atoms with Crippen molar-refractivity contribution in [2.45, 2.75) is 70.3 Å². The van der Waals surface area contributed by atoms with E-state index in [1.807, 2.05) is 0 Å². The molecule has 320 valence electrons. The monoisotopic (exact) mass is 871 g/mol. The number of carbonyl (C=O) groups is 1.